The highest BCUT2D eigenvalue weighted by molar-refractivity contribution is 6.31. The minimum atomic E-state index is -0.397. The van der Waals surface area contributed by atoms with Crippen molar-refractivity contribution in [1.82, 2.24) is 5.43 Å². The first kappa shape index (κ1) is 23.3. The largest absolute Gasteiger partial charge is 0.483 e. The number of hydrogen-bond donors (Lipinski definition) is 2. The number of hydrogen-bond acceptors (Lipinski definition) is 4. The maximum absolute atomic E-state index is 12.4. The molecule has 0 saturated heterocycles. The summed E-state index contributed by atoms with van der Waals surface area (Å²) in [6.45, 7) is 3.42. The number of nitrogens with zero attached hydrogens (tertiary/aromatic N) is 1. The van der Waals surface area contributed by atoms with E-state index in [9.17, 15) is 9.59 Å². The number of benzene rings is 3. The van der Waals surface area contributed by atoms with Gasteiger partial charge in [-0.2, -0.15) is 5.10 Å². The summed E-state index contributed by atoms with van der Waals surface area (Å²) >= 11 is 11.8. The first-order chi connectivity index (χ1) is 15.3. The number of halogens is 2. The molecule has 0 bridgehead atoms. The van der Waals surface area contributed by atoms with Crippen molar-refractivity contribution in [3.63, 3.8) is 0 Å². The summed E-state index contributed by atoms with van der Waals surface area (Å²) in [6, 6.07) is 18.9. The molecule has 0 spiro atoms. The molecule has 3 aromatic carbocycles. The van der Waals surface area contributed by atoms with Gasteiger partial charge in [0.2, 0.25) is 0 Å². The number of rotatable bonds is 7. The fourth-order valence-electron chi connectivity index (χ4n) is 2.79. The molecule has 0 aliphatic rings. The predicted molar refractivity (Wildman–Crippen MR) is 128 cm³/mol. The summed E-state index contributed by atoms with van der Waals surface area (Å²) < 4.78 is 5.51. The molecule has 164 valence electrons. The van der Waals surface area contributed by atoms with Crippen LogP contribution in [-0.4, -0.2) is 24.1 Å². The van der Waals surface area contributed by atoms with Crippen LogP contribution in [0.2, 0.25) is 10.0 Å². The molecule has 3 rings (SSSR count). The van der Waals surface area contributed by atoms with Crippen LogP contribution in [0.25, 0.3) is 0 Å². The fraction of sp³-hybridized carbons (Fsp3) is 0.125. The SMILES string of the molecule is CC(=NNC(=O)COc1ccc(Cl)cc1C)c1cccc(NC(=O)c2ccc(Cl)cc2)c1. The molecule has 0 saturated carbocycles. The second kappa shape index (κ2) is 10.8. The molecule has 2 N–H and O–H groups in total. The Labute approximate surface area is 196 Å². The van der Waals surface area contributed by atoms with Gasteiger partial charge in [0.1, 0.15) is 5.75 Å². The zero-order valence-corrected chi connectivity index (χ0v) is 19.0. The van der Waals surface area contributed by atoms with Gasteiger partial charge in [-0.3, -0.25) is 9.59 Å². The Morgan fingerprint density at radius 1 is 0.938 bits per heavy atom. The molecule has 0 unspecified atom stereocenters. The number of anilines is 1. The summed E-state index contributed by atoms with van der Waals surface area (Å²) in [4.78, 5) is 24.5. The molecule has 3 aromatic rings. The highest BCUT2D eigenvalue weighted by Crippen LogP contribution is 2.21. The average molecular weight is 470 g/mol. The quantitative estimate of drug-likeness (QED) is 0.355. The molecular formula is C24H21Cl2N3O3. The zero-order valence-electron chi connectivity index (χ0n) is 17.5. The lowest BCUT2D eigenvalue weighted by atomic mass is 10.1. The smallest absolute Gasteiger partial charge is 0.277 e. The van der Waals surface area contributed by atoms with E-state index in [0.717, 1.165) is 11.1 Å². The molecule has 2 amide bonds. The van der Waals surface area contributed by atoms with Crippen LogP contribution in [0.5, 0.6) is 5.75 Å². The van der Waals surface area contributed by atoms with Gasteiger partial charge in [-0.05, 0) is 79.6 Å². The van der Waals surface area contributed by atoms with Crippen LogP contribution >= 0.6 is 23.2 Å². The van der Waals surface area contributed by atoms with Crippen molar-refractivity contribution in [1.29, 1.82) is 0 Å². The highest BCUT2D eigenvalue weighted by atomic mass is 35.5. The standard InChI is InChI=1S/C24H21Cl2N3O3/c1-15-12-20(26)10-11-22(15)32-14-23(30)29-28-16(2)18-4-3-5-21(13-18)27-24(31)17-6-8-19(25)9-7-17/h3-13H,14H2,1-2H3,(H,27,31)(H,29,30). The molecule has 0 heterocycles. The van der Waals surface area contributed by atoms with E-state index in [0.29, 0.717) is 32.8 Å². The van der Waals surface area contributed by atoms with Gasteiger partial charge in [-0.15, -0.1) is 0 Å². The highest BCUT2D eigenvalue weighted by Gasteiger charge is 2.08. The predicted octanol–water partition coefficient (Wildman–Crippen LogP) is 5.47. The lowest BCUT2D eigenvalue weighted by Gasteiger charge is -2.09. The molecule has 8 heteroatoms. The number of carbonyl (C=O) groups excluding carboxylic acids is 2. The third kappa shape index (κ3) is 6.57. The number of ether oxygens (including phenoxy) is 1. The monoisotopic (exact) mass is 469 g/mol. The maximum Gasteiger partial charge on any atom is 0.277 e. The van der Waals surface area contributed by atoms with E-state index in [1.807, 2.05) is 13.0 Å². The number of aryl methyl sites for hydroxylation is 1. The van der Waals surface area contributed by atoms with Crippen molar-refractivity contribution in [3.05, 3.63) is 93.5 Å². The molecule has 32 heavy (non-hydrogen) atoms. The summed E-state index contributed by atoms with van der Waals surface area (Å²) in [7, 11) is 0. The van der Waals surface area contributed by atoms with Crippen LogP contribution in [0.1, 0.15) is 28.4 Å². The van der Waals surface area contributed by atoms with Crippen molar-refractivity contribution in [2.45, 2.75) is 13.8 Å². The van der Waals surface area contributed by atoms with Crippen molar-refractivity contribution in [3.8, 4) is 5.75 Å². The second-order valence-corrected chi connectivity index (χ2v) is 7.85. The topological polar surface area (TPSA) is 79.8 Å². The van der Waals surface area contributed by atoms with Crippen LogP contribution in [0, 0.1) is 6.92 Å². The van der Waals surface area contributed by atoms with Gasteiger partial charge in [-0.25, -0.2) is 5.43 Å². The average Bonchev–Trinajstić information content (AvgIpc) is 2.77. The number of amides is 2. The van der Waals surface area contributed by atoms with Crippen molar-refractivity contribution < 1.29 is 14.3 Å². The summed E-state index contributed by atoms with van der Waals surface area (Å²) in [5.74, 6) is -0.0726. The first-order valence-corrected chi connectivity index (χ1v) is 10.5. The number of nitrogens with one attached hydrogen (secondary N) is 2. The molecular weight excluding hydrogens is 449 g/mol. The van der Waals surface area contributed by atoms with Crippen molar-refractivity contribution >= 4 is 46.4 Å². The van der Waals surface area contributed by atoms with E-state index in [1.165, 1.54) is 0 Å². The molecule has 6 nitrogen and oxygen atoms in total. The van der Waals surface area contributed by atoms with E-state index in [2.05, 4.69) is 15.8 Å². The minimum absolute atomic E-state index is 0.184. The van der Waals surface area contributed by atoms with Crippen molar-refractivity contribution in [2.75, 3.05) is 11.9 Å². The lowest BCUT2D eigenvalue weighted by molar-refractivity contribution is -0.123. The van der Waals surface area contributed by atoms with Crippen LogP contribution in [0.3, 0.4) is 0 Å². The first-order valence-electron chi connectivity index (χ1n) is 9.71. The number of hydrazone groups is 1. The molecule has 0 aliphatic heterocycles. The Bertz CT molecular complexity index is 1160. The van der Waals surface area contributed by atoms with Gasteiger partial charge >= 0.3 is 0 Å². The van der Waals surface area contributed by atoms with Gasteiger partial charge in [0.15, 0.2) is 6.61 Å². The maximum atomic E-state index is 12.4. The minimum Gasteiger partial charge on any atom is -0.483 e. The number of carbonyl (C=O) groups is 2. The van der Waals surface area contributed by atoms with E-state index in [-0.39, 0.29) is 12.5 Å². The summed E-state index contributed by atoms with van der Waals surface area (Å²) in [5, 5.41) is 8.12. The van der Waals surface area contributed by atoms with Gasteiger partial charge in [-0.1, -0.05) is 35.3 Å². The molecule has 0 aliphatic carbocycles. The Morgan fingerprint density at radius 2 is 1.66 bits per heavy atom. The third-order valence-electron chi connectivity index (χ3n) is 4.49. The van der Waals surface area contributed by atoms with Gasteiger partial charge in [0.25, 0.3) is 11.8 Å². The second-order valence-electron chi connectivity index (χ2n) is 6.97. The van der Waals surface area contributed by atoms with E-state index in [4.69, 9.17) is 27.9 Å². The zero-order chi connectivity index (χ0) is 23.1. The lowest BCUT2D eigenvalue weighted by Crippen LogP contribution is -2.25. The summed E-state index contributed by atoms with van der Waals surface area (Å²) in [5.41, 5.74) is 5.72. The third-order valence-corrected chi connectivity index (χ3v) is 4.98. The normalized spacial score (nSPS) is 11.1. The molecule has 0 atom stereocenters. The molecule has 0 aromatic heterocycles. The Hall–Kier alpha value is -3.35. The Kier molecular flexibility index (Phi) is 7.87. The fourth-order valence-corrected chi connectivity index (χ4v) is 3.14. The van der Waals surface area contributed by atoms with E-state index in [1.54, 1.807) is 67.6 Å². The van der Waals surface area contributed by atoms with Crippen molar-refractivity contribution in [2.24, 2.45) is 5.10 Å². The van der Waals surface area contributed by atoms with Gasteiger partial charge in [0.05, 0.1) is 5.71 Å². The molecule has 0 radical (unpaired) electrons. The van der Waals surface area contributed by atoms with Crippen LogP contribution in [0.15, 0.2) is 71.8 Å². The van der Waals surface area contributed by atoms with Crippen LogP contribution in [-0.2, 0) is 4.79 Å². The van der Waals surface area contributed by atoms with Crippen LogP contribution < -0.4 is 15.5 Å². The molecule has 0 fully saturated rings. The summed E-state index contributed by atoms with van der Waals surface area (Å²) in [6.07, 6.45) is 0. The van der Waals surface area contributed by atoms with Crippen LogP contribution in [0.4, 0.5) is 5.69 Å². The van der Waals surface area contributed by atoms with Gasteiger partial charge in [0, 0.05) is 21.3 Å². The Morgan fingerprint density at radius 3 is 2.38 bits per heavy atom. The van der Waals surface area contributed by atoms with E-state index >= 15 is 0 Å². The van der Waals surface area contributed by atoms with Gasteiger partial charge < -0.3 is 10.1 Å². The van der Waals surface area contributed by atoms with E-state index < -0.39 is 5.91 Å². The Balaban J connectivity index is 1.58.